The Morgan fingerprint density at radius 3 is 2.81 bits per heavy atom. The molecule has 0 bridgehead atoms. The Morgan fingerprint density at radius 1 is 1.43 bits per heavy atom. The first-order valence-corrected chi connectivity index (χ1v) is 7.73. The summed E-state index contributed by atoms with van der Waals surface area (Å²) in [5, 5.41) is 5.82. The second kappa shape index (κ2) is 7.14. The standard InChI is InChI=1S/C14H19N5OS/c1-3-10-7-9(8-12(17-10)19-15)13(20)18-11(4-2)14-16-5-6-21-14/h5-8,11H,3-4,15H2,1-2H3,(H,17,19)(H,18,20). The van der Waals surface area contributed by atoms with Gasteiger partial charge in [-0.05, 0) is 25.0 Å². The smallest absolute Gasteiger partial charge is 0.252 e. The van der Waals surface area contributed by atoms with E-state index in [1.54, 1.807) is 18.3 Å². The molecule has 0 aromatic carbocycles. The van der Waals surface area contributed by atoms with Crippen molar-refractivity contribution in [2.24, 2.45) is 5.84 Å². The quantitative estimate of drug-likeness (QED) is 0.562. The number of aryl methyl sites for hydroxylation is 1. The summed E-state index contributed by atoms with van der Waals surface area (Å²) in [5.41, 5.74) is 3.85. The van der Waals surface area contributed by atoms with Crippen LogP contribution in [0.5, 0.6) is 0 Å². The van der Waals surface area contributed by atoms with Crippen molar-refractivity contribution in [1.29, 1.82) is 0 Å². The highest BCUT2D eigenvalue weighted by molar-refractivity contribution is 7.09. The zero-order chi connectivity index (χ0) is 15.2. The number of carbonyl (C=O) groups is 1. The van der Waals surface area contributed by atoms with E-state index >= 15 is 0 Å². The Bertz CT molecular complexity index is 577. The predicted molar refractivity (Wildman–Crippen MR) is 84.0 cm³/mol. The third-order valence-corrected chi connectivity index (χ3v) is 4.00. The number of hydrogen-bond donors (Lipinski definition) is 3. The molecule has 4 N–H and O–H groups in total. The molecule has 0 saturated carbocycles. The molecule has 2 aromatic heterocycles. The summed E-state index contributed by atoms with van der Waals surface area (Å²) in [7, 11) is 0. The molecule has 1 unspecified atom stereocenters. The van der Waals surface area contributed by atoms with Crippen LogP contribution in [0.3, 0.4) is 0 Å². The number of hydrazine groups is 1. The molecule has 2 aromatic rings. The molecule has 21 heavy (non-hydrogen) atoms. The van der Waals surface area contributed by atoms with Crippen molar-refractivity contribution in [3.05, 3.63) is 40.0 Å². The Balaban J connectivity index is 2.19. The third kappa shape index (κ3) is 3.77. The second-order valence-electron chi connectivity index (χ2n) is 4.53. The van der Waals surface area contributed by atoms with Crippen molar-refractivity contribution in [3.8, 4) is 0 Å². The number of aromatic nitrogens is 2. The van der Waals surface area contributed by atoms with Crippen molar-refractivity contribution in [2.45, 2.75) is 32.7 Å². The van der Waals surface area contributed by atoms with Gasteiger partial charge in [0.15, 0.2) is 0 Å². The molecule has 0 aliphatic rings. The Kier molecular flexibility index (Phi) is 5.24. The number of hydrogen-bond acceptors (Lipinski definition) is 6. The maximum absolute atomic E-state index is 12.4. The number of nitrogen functional groups attached to an aromatic ring is 1. The zero-order valence-corrected chi connectivity index (χ0v) is 12.9. The van der Waals surface area contributed by atoms with Gasteiger partial charge in [0.05, 0.1) is 6.04 Å². The zero-order valence-electron chi connectivity index (χ0n) is 12.1. The lowest BCUT2D eigenvalue weighted by Crippen LogP contribution is -2.28. The van der Waals surface area contributed by atoms with E-state index in [4.69, 9.17) is 5.84 Å². The van der Waals surface area contributed by atoms with Crippen LogP contribution in [0.2, 0.25) is 0 Å². The fourth-order valence-corrected chi connectivity index (χ4v) is 2.73. The number of amides is 1. The number of pyridine rings is 1. The van der Waals surface area contributed by atoms with Gasteiger partial charge in [-0.3, -0.25) is 4.79 Å². The molecular weight excluding hydrogens is 286 g/mol. The molecule has 0 spiro atoms. The lowest BCUT2D eigenvalue weighted by Gasteiger charge is -2.15. The van der Waals surface area contributed by atoms with Crippen molar-refractivity contribution >= 4 is 23.1 Å². The molecule has 2 rings (SSSR count). The number of thiazole rings is 1. The van der Waals surface area contributed by atoms with Crippen molar-refractivity contribution in [3.63, 3.8) is 0 Å². The highest BCUT2D eigenvalue weighted by atomic mass is 32.1. The number of nitrogens with one attached hydrogen (secondary N) is 2. The number of rotatable bonds is 6. The maximum Gasteiger partial charge on any atom is 0.252 e. The maximum atomic E-state index is 12.4. The van der Waals surface area contributed by atoms with Gasteiger partial charge in [-0.1, -0.05) is 13.8 Å². The number of anilines is 1. The Hall–Kier alpha value is -1.99. The van der Waals surface area contributed by atoms with Gasteiger partial charge in [-0.25, -0.2) is 15.8 Å². The van der Waals surface area contributed by atoms with E-state index in [0.717, 1.165) is 23.5 Å². The van der Waals surface area contributed by atoms with Gasteiger partial charge >= 0.3 is 0 Å². The molecule has 0 saturated heterocycles. The van der Waals surface area contributed by atoms with E-state index in [1.165, 1.54) is 11.3 Å². The summed E-state index contributed by atoms with van der Waals surface area (Å²) in [6, 6.07) is 3.35. The fraction of sp³-hybridized carbons (Fsp3) is 0.357. The Labute approximate surface area is 127 Å². The summed E-state index contributed by atoms with van der Waals surface area (Å²) in [6.45, 7) is 4.00. The molecule has 112 valence electrons. The van der Waals surface area contributed by atoms with Gasteiger partial charge in [-0.15, -0.1) is 11.3 Å². The number of nitrogens with two attached hydrogens (primary N) is 1. The molecule has 0 aliphatic carbocycles. The molecule has 1 amide bonds. The molecule has 2 heterocycles. The van der Waals surface area contributed by atoms with Crippen LogP contribution in [-0.4, -0.2) is 15.9 Å². The van der Waals surface area contributed by atoms with Crippen molar-refractivity contribution in [2.75, 3.05) is 5.43 Å². The van der Waals surface area contributed by atoms with Gasteiger partial charge in [0.25, 0.3) is 5.91 Å². The minimum absolute atomic E-state index is 0.0787. The fourth-order valence-electron chi connectivity index (χ4n) is 1.96. The number of nitrogens with zero attached hydrogens (tertiary/aromatic N) is 2. The monoisotopic (exact) mass is 305 g/mol. The van der Waals surface area contributed by atoms with Crippen molar-refractivity contribution < 1.29 is 4.79 Å². The third-order valence-electron chi connectivity index (χ3n) is 3.11. The van der Waals surface area contributed by atoms with Gasteiger partial charge in [0, 0.05) is 22.8 Å². The van der Waals surface area contributed by atoms with Crippen LogP contribution in [0.15, 0.2) is 23.7 Å². The predicted octanol–water partition coefficient (Wildman–Crippen LogP) is 2.27. The first-order chi connectivity index (χ1) is 10.2. The first kappa shape index (κ1) is 15.4. The summed E-state index contributed by atoms with van der Waals surface area (Å²) in [5.74, 6) is 5.73. The van der Waals surface area contributed by atoms with Crippen molar-refractivity contribution in [1.82, 2.24) is 15.3 Å². The lowest BCUT2D eigenvalue weighted by molar-refractivity contribution is 0.0935. The molecule has 7 heteroatoms. The Morgan fingerprint density at radius 2 is 2.24 bits per heavy atom. The molecule has 6 nitrogen and oxygen atoms in total. The SMILES string of the molecule is CCc1cc(C(=O)NC(CC)c2nccs2)cc(NN)n1. The van der Waals surface area contributed by atoms with Gasteiger partial charge in [-0.2, -0.15) is 0 Å². The van der Waals surface area contributed by atoms with Crippen LogP contribution in [0.1, 0.15) is 47.4 Å². The van der Waals surface area contributed by atoms with Gasteiger partial charge in [0.2, 0.25) is 0 Å². The van der Waals surface area contributed by atoms with E-state index in [2.05, 4.69) is 20.7 Å². The molecule has 0 radical (unpaired) electrons. The van der Waals surface area contributed by atoms with Crippen LogP contribution in [-0.2, 0) is 6.42 Å². The average molecular weight is 305 g/mol. The summed E-state index contributed by atoms with van der Waals surface area (Å²) in [4.78, 5) is 21.0. The minimum Gasteiger partial charge on any atom is -0.343 e. The summed E-state index contributed by atoms with van der Waals surface area (Å²) in [6.07, 6.45) is 3.26. The first-order valence-electron chi connectivity index (χ1n) is 6.85. The van der Waals surface area contributed by atoms with E-state index in [-0.39, 0.29) is 11.9 Å². The summed E-state index contributed by atoms with van der Waals surface area (Å²) >= 11 is 1.54. The van der Waals surface area contributed by atoms with Gasteiger partial charge < -0.3 is 10.7 Å². The highest BCUT2D eigenvalue weighted by Gasteiger charge is 2.17. The van der Waals surface area contributed by atoms with E-state index < -0.39 is 0 Å². The topological polar surface area (TPSA) is 92.9 Å². The van der Waals surface area contributed by atoms with Crippen LogP contribution < -0.4 is 16.6 Å². The largest absolute Gasteiger partial charge is 0.343 e. The summed E-state index contributed by atoms with van der Waals surface area (Å²) < 4.78 is 0. The van der Waals surface area contributed by atoms with E-state index in [1.807, 2.05) is 19.2 Å². The molecule has 0 fully saturated rings. The minimum atomic E-state index is -0.148. The normalized spacial score (nSPS) is 12.0. The highest BCUT2D eigenvalue weighted by Crippen LogP contribution is 2.20. The second-order valence-corrected chi connectivity index (χ2v) is 5.46. The van der Waals surface area contributed by atoms with Crippen LogP contribution >= 0.6 is 11.3 Å². The lowest BCUT2D eigenvalue weighted by atomic mass is 10.1. The van der Waals surface area contributed by atoms with E-state index in [0.29, 0.717) is 11.4 Å². The van der Waals surface area contributed by atoms with E-state index in [9.17, 15) is 4.79 Å². The molecule has 1 atom stereocenters. The molecular formula is C14H19N5OS. The van der Waals surface area contributed by atoms with Crippen LogP contribution in [0, 0.1) is 0 Å². The van der Waals surface area contributed by atoms with Gasteiger partial charge in [0.1, 0.15) is 10.8 Å². The number of carbonyl (C=O) groups excluding carboxylic acids is 1. The molecule has 0 aliphatic heterocycles. The van der Waals surface area contributed by atoms with Crippen LogP contribution in [0.4, 0.5) is 5.82 Å². The average Bonchev–Trinajstić information content (AvgIpc) is 3.05. The van der Waals surface area contributed by atoms with Crippen LogP contribution in [0.25, 0.3) is 0 Å².